The number of hydrogen-bond donors (Lipinski definition) is 1. The van der Waals surface area contributed by atoms with E-state index in [4.69, 9.17) is 5.73 Å². The zero-order chi connectivity index (χ0) is 16.4. The lowest BCUT2D eigenvalue weighted by Crippen LogP contribution is -2.36. The van der Waals surface area contributed by atoms with Gasteiger partial charge in [-0.15, -0.1) is 11.8 Å². The number of hydrogen-bond acceptors (Lipinski definition) is 3. The minimum Gasteiger partial charge on any atom is -0.398 e. The van der Waals surface area contributed by atoms with Gasteiger partial charge in [0.1, 0.15) is 0 Å². The molecular weight excluding hydrogens is 304 g/mol. The highest BCUT2D eigenvalue weighted by Crippen LogP contribution is 2.32. The maximum absolute atomic E-state index is 12.7. The van der Waals surface area contributed by atoms with E-state index in [9.17, 15) is 4.79 Å². The van der Waals surface area contributed by atoms with E-state index in [1.54, 1.807) is 11.8 Å². The summed E-state index contributed by atoms with van der Waals surface area (Å²) in [5, 5.41) is 0. The zero-order valence-corrected chi connectivity index (χ0v) is 14.5. The van der Waals surface area contributed by atoms with Gasteiger partial charge in [-0.1, -0.05) is 23.8 Å². The Kier molecular flexibility index (Phi) is 4.62. The first-order valence-corrected chi connectivity index (χ1v) is 8.92. The fourth-order valence-corrected chi connectivity index (χ4v) is 3.98. The molecule has 0 spiro atoms. The Labute approximate surface area is 141 Å². The van der Waals surface area contributed by atoms with Gasteiger partial charge in [0.2, 0.25) is 5.91 Å². The van der Waals surface area contributed by atoms with Crippen LogP contribution >= 0.6 is 11.8 Å². The van der Waals surface area contributed by atoms with E-state index in [0.717, 1.165) is 36.3 Å². The van der Waals surface area contributed by atoms with E-state index in [1.165, 1.54) is 16.0 Å². The molecular formula is C19H22N2OS. The molecule has 0 saturated carbocycles. The molecule has 0 unspecified atom stereocenters. The van der Waals surface area contributed by atoms with Gasteiger partial charge in [-0.25, -0.2) is 0 Å². The quantitative estimate of drug-likeness (QED) is 0.686. The lowest BCUT2D eigenvalue weighted by atomic mass is 10.00. The SMILES string of the molecule is Cc1ccc(SCC(=O)N2CCCc3c(N)cccc32)c(C)c1. The summed E-state index contributed by atoms with van der Waals surface area (Å²) in [4.78, 5) is 15.8. The van der Waals surface area contributed by atoms with E-state index in [1.807, 2.05) is 23.1 Å². The smallest absolute Gasteiger partial charge is 0.237 e. The lowest BCUT2D eigenvalue weighted by molar-refractivity contribution is -0.116. The van der Waals surface area contributed by atoms with Crippen LogP contribution in [0.2, 0.25) is 0 Å². The van der Waals surface area contributed by atoms with Crippen molar-refractivity contribution >= 4 is 29.0 Å². The number of amides is 1. The van der Waals surface area contributed by atoms with Crippen LogP contribution in [0.15, 0.2) is 41.3 Å². The number of thioether (sulfide) groups is 1. The average Bonchev–Trinajstić information content (AvgIpc) is 2.54. The minimum absolute atomic E-state index is 0.154. The number of rotatable bonds is 3. The normalized spacial score (nSPS) is 13.7. The predicted molar refractivity (Wildman–Crippen MR) is 98.2 cm³/mol. The van der Waals surface area contributed by atoms with Gasteiger partial charge in [-0.05, 0) is 56.0 Å². The van der Waals surface area contributed by atoms with Crippen molar-refractivity contribution in [1.82, 2.24) is 0 Å². The van der Waals surface area contributed by atoms with Gasteiger partial charge in [-0.2, -0.15) is 0 Å². The average molecular weight is 326 g/mol. The third-order valence-corrected chi connectivity index (χ3v) is 5.43. The number of benzene rings is 2. The number of nitrogens with two attached hydrogens (primary N) is 1. The molecule has 2 aromatic carbocycles. The third-order valence-electron chi connectivity index (χ3n) is 4.27. The van der Waals surface area contributed by atoms with Gasteiger partial charge in [0, 0.05) is 22.8 Å². The largest absolute Gasteiger partial charge is 0.398 e. The van der Waals surface area contributed by atoms with Crippen molar-refractivity contribution in [3.63, 3.8) is 0 Å². The van der Waals surface area contributed by atoms with Gasteiger partial charge >= 0.3 is 0 Å². The fraction of sp³-hybridized carbons (Fsp3) is 0.316. The number of nitrogens with zero attached hydrogens (tertiary/aromatic N) is 1. The highest BCUT2D eigenvalue weighted by Gasteiger charge is 2.23. The standard InChI is InChI=1S/C19H22N2OS/c1-13-8-9-18(14(2)11-13)23-12-19(22)21-10-4-5-15-16(20)6-3-7-17(15)21/h3,6-9,11H,4-5,10,12,20H2,1-2H3. The van der Waals surface area contributed by atoms with Crippen LogP contribution in [-0.4, -0.2) is 18.2 Å². The lowest BCUT2D eigenvalue weighted by Gasteiger charge is -2.30. The Morgan fingerprint density at radius 1 is 1.26 bits per heavy atom. The molecule has 0 atom stereocenters. The van der Waals surface area contributed by atoms with Gasteiger partial charge in [0.05, 0.1) is 5.75 Å². The molecule has 2 N–H and O–H groups in total. The summed E-state index contributed by atoms with van der Waals surface area (Å²) in [5.41, 5.74) is 11.4. The van der Waals surface area contributed by atoms with E-state index in [2.05, 4.69) is 32.0 Å². The zero-order valence-electron chi connectivity index (χ0n) is 13.6. The van der Waals surface area contributed by atoms with E-state index in [0.29, 0.717) is 5.75 Å². The Bertz CT molecular complexity index is 742. The summed E-state index contributed by atoms with van der Waals surface area (Å²) in [5.74, 6) is 0.611. The van der Waals surface area contributed by atoms with Crippen molar-refractivity contribution in [2.45, 2.75) is 31.6 Å². The van der Waals surface area contributed by atoms with E-state index >= 15 is 0 Å². The van der Waals surface area contributed by atoms with Gasteiger partial charge in [0.25, 0.3) is 0 Å². The molecule has 3 nitrogen and oxygen atoms in total. The summed E-state index contributed by atoms with van der Waals surface area (Å²) in [6.07, 6.45) is 1.93. The molecule has 4 heteroatoms. The second-order valence-corrected chi connectivity index (χ2v) is 7.07. The summed E-state index contributed by atoms with van der Waals surface area (Å²) in [6.45, 7) is 4.96. The summed E-state index contributed by atoms with van der Waals surface area (Å²) in [7, 11) is 0. The number of carbonyl (C=O) groups excluding carboxylic acids is 1. The summed E-state index contributed by atoms with van der Waals surface area (Å²) >= 11 is 1.61. The second kappa shape index (κ2) is 6.67. The molecule has 0 fully saturated rings. The monoisotopic (exact) mass is 326 g/mol. The maximum Gasteiger partial charge on any atom is 0.237 e. The van der Waals surface area contributed by atoms with Crippen molar-refractivity contribution in [3.8, 4) is 0 Å². The fourth-order valence-electron chi connectivity index (χ4n) is 3.09. The predicted octanol–water partition coefficient (Wildman–Crippen LogP) is 3.96. The van der Waals surface area contributed by atoms with Crippen LogP contribution in [0, 0.1) is 13.8 Å². The Morgan fingerprint density at radius 3 is 2.87 bits per heavy atom. The van der Waals surface area contributed by atoms with Crippen LogP contribution in [0.1, 0.15) is 23.1 Å². The van der Waals surface area contributed by atoms with Crippen molar-refractivity contribution in [2.24, 2.45) is 0 Å². The molecule has 1 amide bonds. The first-order chi connectivity index (χ1) is 11.1. The maximum atomic E-state index is 12.7. The molecule has 3 rings (SSSR count). The van der Waals surface area contributed by atoms with Crippen molar-refractivity contribution in [1.29, 1.82) is 0 Å². The van der Waals surface area contributed by atoms with Crippen LogP contribution in [0.4, 0.5) is 11.4 Å². The minimum atomic E-state index is 0.154. The second-order valence-electron chi connectivity index (χ2n) is 6.05. The van der Waals surface area contributed by atoms with Gasteiger partial charge in [0.15, 0.2) is 0 Å². The van der Waals surface area contributed by atoms with Gasteiger partial charge < -0.3 is 10.6 Å². The molecule has 1 aliphatic rings. The van der Waals surface area contributed by atoms with Crippen LogP contribution in [0.25, 0.3) is 0 Å². The van der Waals surface area contributed by atoms with Crippen LogP contribution < -0.4 is 10.6 Å². The number of fused-ring (bicyclic) bond motifs is 1. The topological polar surface area (TPSA) is 46.3 Å². The molecule has 1 heterocycles. The number of aryl methyl sites for hydroxylation is 2. The molecule has 0 aliphatic carbocycles. The van der Waals surface area contributed by atoms with E-state index < -0.39 is 0 Å². The van der Waals surface area contributed by atoms with Crippen LogP contribution in [-0.2, 0) is 11.2 Å². The molecule has 2 aromatic rings. The Balaban J connectivity index is 1.74. The Morgan fingerprint density at radius 2 is 2.09 bits per heavy atom. The molecule has 0 aromatic heterocycles. The molecule has 0 radical (unpaired) electrons. The molecule has 23 heavy (non-hydrogen) atoms. The highest BCUT2D eigenvalue weighted by atomic mass is 32.2. The van der Waals surface area contributed by atoms with Crippen LogP contribution in [0.5, 0.6) is 0 Å². The van der Waals surface area contributed by atoms with Crippen LogP contribution in [0.3, 0.4) is 0 Å². The number of anilines is 2. The summed E-state index contributed by atoms with van der Waals surface area (Å²) in [6, 6.07) is 12.2. The molecule has 1 aliphatic heterocycles. The first kappa shape index (κ1) is 15.9. The molecule has 0 bridgehead atoms. The van der Waals surface area contributed by atoms with E-state index in [-0.39, 0.29) is 5.91 Å². The number of nitrogen functional groups attached to an aromatic ring is 1. The number of carbonyl (C=O) groups is 1. The van der Waals surface area contributed by atoms with Crippen molar-refractivity contribution < 1.29 is 4.79 Å². The highest BCUT2D eigenvalue weighted by molar-refractivity contribution is 8.00. The Hall–Kier alpha value is -1.94. The van der Waals surface area contributed by atoms with Gasteiger partial charge in [-0.3, -0.25) is 4.79 Å². The molecule has 0 saturated heterocycles. The third kappa shape index (κ3) is 3.37. The van der Waals surface area contributed by atoms with Crippen molar-refractivity contribution in [3.05, 3.63) is 53.1 Å². The molecule has 120 valence electrons. The van der Waals surface area contributed by atoms with Crippen molar-refractivity contribution in [2.75, 3.05) is 22.9 Å². The summed E-state index contributed by atoms with van der Waals surface area (Å²) < 4.78 is 0. The first-order valence-electron chi connectivity index (χ1n) is 7.94.